The molecule has 4 nitrogen and oxygen atoms in total. The highest BCUT2D eigenvalue weighted by Crippen LogP contribution is 2.17. The summed E-state index contributed by atoms with van der Waals surface area (Å²) in [6, 6.07) is 3.31. The molecule has 0 aliphatic heterocycles. The Balaban J connectivity index is 2.55. The number of pyridine rings is 1. The molecule has 0 aliphatic rings. The predicted molar refractivity (Wildman–Crippen MR) is 43.0 cm³/mol. The molecule has 0 aromatic carbocycles. The number of aromatic nitrogens is 3. The molecule has 0 unspecified atom stereocenters. The molecule has 1 N–H and O–H groups in total. The molecule has 0 atom stereocenters. The topological polar surface area (TPSA) is 50.9 Å². The van der Waals surface area contributed by atoms with Gasteiger partial charge >= 0.3 is 0 Å². The largest absolute Gasteiger partial charge is 0.506 e. The Bertz CT molecular complexity index is 370. The van der Waals surface area contributed by atoms with Crippen LogP contribution in [-0.2, 0) is 0 Å². The fourth-order valence-electron chi connectivity index (χ4n) is 0.967. The van der Waals surface area contributed by atoms with Crippen LogP contribution in [0.3, 0.4) is 0 Å². The highest BCUT2D eigenvalue weighted by molar-refractivity contribution is 5.41. The minimum Gasteiger partial charge on any atom is -0.506 e. The average Bonchev–Trinajstić information content (AvgIpc) is 2.57. The van der Waals surface area contributed by atoms with E-state index in [-0.39, 0.29) is 5.75 Å². The Morgan fingerprint density at radius 2 is 2.25 bits per heavy atom. The molecule has 2 aromatic rings. The maximum Gasteiger partial charge on any atom is 0.144 e. The third-order valence-corrected chi connectivity index (χ3v) is 1.53. The van der Waals surface area contributed by atoms with E-state index in [1.165, 1.54) is 12.3 Å². The Morgan fingerprint density at radius 1 is 1.33 bits per heavy atom. The van der Waals surface area contributed by atoms with Gasteiger partial charge in [-0.15, -0.1) is 0 Å². The van der Waals surface area contributed by atoms with Gasteiger partial charge in [0.25, 0.3) is 0 Å². The predicted octanol–water partition coefficient (Wildman–Crippen LogP) is 0.973. The monoisotopic (exact) mass is 161 g/mol. The average molecular weight is 161 g/mol. The van der Waals surface area contributed by atoms with E-state index >= 15 is 0 Å². The second-order valence-electron chi connectivity index (χ2n) is 2.32. The van der Waals surface area contributed by atoms with E-state index in [9.17, 15) is 5.11 Å². The van der Waals surface area contributed by atoms with Crippen molar-refractivity contribution in [3.8, 4) is 11.4 Å². The second-order valence-corrected chi connectivity index (χ2v) is 2.32. The molecular formula is C8H7N3O. The van der Waals surface area contributed by atoms with E-state index in [0.29, 0.717) is 5.69 Å². The molecule has 60 valence electrons. The number of rotatable bonds is 1. The lowest BCUT2D eigenvalue weighted by Crippen LogP contribution is -1.94. The number of hydrogen-bond acceptors (Lipinski definition) is 3. The summed E-state index contributed by atoms with van der Waals surface area (Å²) in [6.45, 7) is 0. The first-order valence-corrected chi connectivity index (χ1v) is 3.51. The van der Waals surface area contributed by atoms with Gasteiger partial charge in [0.05, 0.1) is 6.20 Å². The summed E-state index contributed by atoms with van der Waals surface area (Å²) in [7, 11) is 0. The normalized spacial score (nSPS) is 10.0. The van der Waals surface area contributed by atoms with Crippen molar-refractivity contribution in [2.75, 3.05) is 0 Å². The van der Waals surface area contributed by atoms with Crippen molar-refractivity contribution in [3.05, 3.63) is 36.9 Å². The van der Waals surface area contributed by atoms with E-state index in [2.05, 4.69) is 10.1 Å². The Hall–Kier alpha value is -1.84. The van der Waals surface area contributed by atoms with Crippen LogP contribution in [0.4, 0.5) is 0 Å². The van der Waals surface area contributed by atoms with Crippen molar-refractivity contribution in [3.63, 3.8) is 0 Å². The first-order chi connectivity index (χ1) is 5.88. The van der Waals surface area contributed by atoms with E-state index < -0.39 is 0 Å². The highest BCUT2D eigenvalue weighted by Gasteiger charge is 2.00. The fraction of sp³-hybridized carbons (Fsp3) is 0. The van der Waals surface area contributed by atoms with Crippen molar-refractivity contribution in [1.29, 1.82) is 0 Å². The molecule has 2 aromatic heterocycles. The summed E-state index contributed by atoms with van der Waals surface area (Å²) >= 11 is 0. The molecule has 0 fully saturated rings. The molecule has 0 bridgehead atoms. The third kappa shape index (κ3) is 1.03. The summed E-state index contributed by atoms with van der Waals surface area (Å²) in [5.74, 6) is 0.175. The van der Waals surface area contributed by atoms with Crippen molar-refractivity contribution in [2.45, 2.75) is 0 Å². The van der Waals surface area contributed by atoms with Gasteiger partial charge in [-0.3, -0.25) is 4.98 Å². The standard InChI is InChI=1S/C8H7N3O/c12-8-2-4-9-6-7(8)11-5-1-3-10-11/h1-6H,(H,9,12). The van der Waals surface area contributed by atoms with Gasteiger partial charge in [-0.25, -0.2) is 4.68 Å². The van der Waals surface area contributed by atoms with Gasteiger partial charge < -0.3 is 5.11 Å². The SMILES string of the molecule is Oc1ccncc1-n1cccn1. The number of aromatic hydroxyl groups is 1. The number of hydrogen-bond donors (Lipinski definition) is 1. The van der Waals surface area contributed by atoms with Crippen molar-refractivity contribution < 1.29 is 5.11 Å². The lowest BCUT2D eigenvalue weighted by atomic mass is 10.4. The van der Waals surface area contributed by atoms with Crippen LogP contribution < -0.4 is 0 Å². The fourth-order valence-corrected chi connectivity index (χ4v) is 0.967. The molecule has 4 heteroatoms. The molecule has 0 spiro atoms. The Kier molecular flexibility index (Phi) is 1.51. The maximum atomic E-state index is 9.38. The van der Waals surface area contributed by atoms with Gasteiger partial charge in [0.15, 0.2) is 0 Å². The lowest BCUT2D eigenvalue weighted by Gasteiger charge is -2.01. The van der Waals surface area contributed by atoms with E-state index in [1.807, 2.05) is 0 Å². The first-order valence-electron chi connectivity index (χ1n) is 3.51. The van der Waals surface area contributed by atoms with Gasteiger partial charge in [0.1, 0.15) is 11.4 Å². The molecule has 2 rings (SSSR count). The Morgan fingerprint density at radius 3 is 2.92 bits per heavy atom. The third-order valence-electron chi connectivity index (χ3n) is 1.53. The maximum absolute atomic E-state index is 9.38. The molecule has 0 saturated heterocycles. The van der Waals surface area contributed by atoms with Crippen LogP contribution in [0, 0.1) is 0 Å². The second kappa shape index (κ2) is 2.65. The van der Waals surface area contributed by atoms with E-state index in [4.69, 9.17) is 0 Å². The zero-order chi connectivity index (χ0) is 8.39. The zero-order valence-electron chi connectivity index (χ0n) is 6.25. The van der Waals surface area contributed by atoms with Crippen LogP contribution in [0.2, 0.25) is 0 Å². The molecule has 0 aliphatic carbocycles. The Labute approximate surface area is 69.1 Å². The number of nitrogens with zero attached hydrogens (tertiary/aromatic N) is 3. The van der Waals surface area contributed by atoms with Gasteiger partial charge in [0.2, 0.25) is 0 Å². The minimum absolute atomic E-state index is 0.175. The smallest absolute Gasteiger partial charge is 0.144 e. The first kappa shape index (κ1) is 6.84. The summed E-state index contributed by atoms with van der Waals surface area (Å²) in [5.41, 5.74) is 0.586. The van der Waals surface area contributed by atoms with E-state index in [0.717, 1.165) is 0 Å². The molecule has 2 heterocycles. The zero-order valence-corrected chi connectivity index (χ0v) is 6.25. The minimum atomic E-state index is 0.175. The van der Waals surface area contributed by atoms with E-state index in [1.54, 1.807) is 29.3 Å². The van der Waals surface area contributed by atoms with Crippen LogP contribution in [0.1, 0.15) is 0 Å². The van der Waals surface area contributed by atoms with Crippen LogP contribution in [-0.4, -0.2) is 19.9 Å². The molecule has 12 heavy (non-hydrogen) atoms. The van der Waals surface area contributed by atoms with Gasteiger partial charge in [-0.2, -0.15) is 5.10 Å². The summed E-state index contributed by atoms with van der Waals surface area (Å²) in [6.07, 6.45) is 6.48. The van der Waals surface area contributed by atoms with Gasteiger partial charge in [0, 0.05) is 24.7 Å². The van der Waals surface area contributed by atoms with Gasteiger partial charge in [-0.1, -0.05) is 0 Å². The molecular weight excluding hydrogens is 154 g/mol. The summed E-state index contributed by atoms with van der Waals surface area (Å²) in [4.78, 5) is 3.88. The molecule has 0 saturated carbocycles. The van der Waals surface area contributed by atoms with Crippen molar-refractivity contribution in [2.24, 2.45) is 0 Å². The van der Waals surface area contributed by atoms with Crippen molar-refractivity contribution >= 4 is 0 Å². The molecule has 0 amide bonds. The van der Waals surface area contributed by atoms with Crippen LogP contribution in [0.15, 0.2) is 36.9 Å². The highest BCUT2D eigenvalue weighted by atomic mass is 16.3. The lowest BCUT2D eigenvalue weighted by molar-refractivity contribution is 0.469. The molecule has 0 radical (unpaired) electrons. The van der Waals surface area contributed by atoms with Crippen LogP contribution in [0.5, 0.6) is 5.75 Å². The summed E-state index contributed by atoms with van der Waals surface area (Å²) in [5, 5.41) is 13.3. The summed E-state index contributed by atoms with van der Waals surface area (Å²) < 4.78 is 1.56. The quantitative estimate of drug-likeness (QED) is 0.678. The van der Waals surface area contributed by atoms with Gasteiger partial charge in [-0.05, 0) is 6.07 Å². The van der Waals surface area contributed by atoms with Crippen LogP contribution in [0.25, 0.3) is 5.69 Å². The van der Waals surface area contributed by atoms with Crippen molar-refractivity contribution in [1.82, 2.24) is 14.8 Å². The van der Waals surface area contributed by atoms with Crippen LogP contribution >= 0.6 is 0 Å².